The van der Waals surface area contributed by atoms with Gasteiger partial charge in [-0.1, -0.05) is 41.6 Å². The first kappa shape index (κ1) is 16.9. The van der Waals surface area contributed by atoms with Crippen molar-refractivity contribution in [2.75, 3.05) is 19.4 Å². The zero-order chi connectivity index (χ0) is 15.8. The predicted octanol–water partition coefficient (Wildman–Crippen LogP) is 2.89. The van der Waals surface area contributed by atoms with Crippen molar-refractivity contribution in [3.63, 3.8) is 0 Å². The summed E-state index contributed by atoms with van der Waals surface area (Å²) >= 11 is 1.55. The third-order valence-electron chi connectivity index (χ3n) is 3.43. The highest BCUT2D eigenvalue weighted by molar-refractivity contribution is 7.98. The van der Waals surface area contributed by atoms with Crippen LogP contribution in [0.1, 0.15) is 23.1 Å². The predicted molar refractivity (Wildman–Crippen MR) is 90.8 cm³/mol. The van der Waals surface area contributed by atoms with Gasteiger partial charge < -0.3 is 5.11 Å². The second-order valence-corrected chi connectivity index (χ2v) is 6.12. The van der Waals surface area contributed by atoms with Gasteiger partial charge in [0.1, 0.15) is 0 Å². The van der Waals surface area contributed by atoms with Crippen LogP contribution in [0.4, 0.5) is 0 Å². The van der Waals surface area contributed by atoms with Crippen molar-refractivity contribution in [1.82, 2.24) is 14.9 Å². The molecule has 0 atom stereocenters. The highest BCUT2D eigenvalue weighted by Gasteiger charge is 2.08. The van der Waals surface area contributed by atoms with Crippen LogP contribution in [0.5, 0.6) is 0 Å². The van der Waals surface area contributed by atoms with Gasteiger partial charge in [-0.3, -0.25) is 4.90 Å². The molecule has 118 valence electrons. The molecule has 0 radical (unpaired) electrons. The lowest BCUT2D eigenvalue weighted by Gasteiger charge is -2.22. The van der Waals surface area contributed by atoms with Crippen LogP contribution in [0, 0.1) is 6.92 Å². The number of aromatic nitrogens is 2. The fourth-order valence-corrected chi connectivity index (χ4v) is 2.56. The van der Waals surface area contributed by atoms with Gasteiger partial charge in [0, 0.05) is 44.2 Å². The van der Waals surface area contributed by atoms with Gasteiger partial charge in [-0.25, -0.2) is 9.97 Å². The molecule has 1 N–H and O–H groups in total. The van der Waals surface area contributed by atoms with Crippen LogP contribution in [0.2, 0.25) is 0 Å². The summed E-state index contributed by atoms with van der Waals surface area (Å²) in [4.78, 5) is 11.0. The molecule has 1 aromatic carbocycles. The number of nitrogens with zero attached hydrogens (tertiary/aromatic N) is 3. The molecule has 0 spiro atoms. The van der Waals surface area contributed by atoms with E-state index in [1.807, 2.05) is 18.6 Å². The maximum atomic E-state index is 9.10. The number of hydrogen-bond donors (Lipinski definition) is 1. The Bertz CT molecular complexity index is 557. The zero-order valence-electron chi connectivity index (χ0n) is 13.2. The van der Waals surface area contributed by atoms with Gasteiger partial charge >= 0.3 is 0 Å². The fraction of sp³-hybridized carbons (Fsp3) is 0.412. The van der Waals surface area contributed by atoms with Gasteiger partial charge in [-0.05, 0) is 25.2 Å². The Morgan fingerprint density at radius 3 is 2.27 bits per heavy atom. The molecule has 0 aliphatic carbocycles. The Balaban J connectivity index is 2.02. The molecular weight excluding hydrogens is 294 g/mol. The number of benzene rings is 1. The van der Waals surface area contributed by atoms with E-state index >= 15 is 0 Å². The van der Waals surface area contributed by atoms with E-state index in [0.29, 0.717) is 0 Å². The SMILES string of the molecule is CSc1ncc(CN(CCCO)Cc2ccc(C)cc2)cn1. The number of rotatable bonds is 8. The van der Waals surface area contributed by atoms with E-state index in [0.717, 1.165) is 36.8 Å². The Kier molecular flexibility index (Phi) is 6.83. The van der Waals surface area contributed by atoms with Crippen molar-refractivity contribution in [3.05, 3.63) is 53.3 Å². The first-order valence-corrected chi connectivity index (χ1v) is 8.67. The third kappa shape index (κ3) is 5.40. The van der Waals surface area contributed by atoms with Crippen LogP contribution in [0.3, 0.4) is 0 Å². The Labute approximate surface area is 136 Å². The molecule has 0 aliphatic heterocycles. The number of aliphatic hydroxyl groups is 1. The summed E-state index contributed by atoms with van der Waals surface area (Å²) in [5.74, 6) is 0. The minimum absolute atomic E-state index is 0.215. The molecule has 0 fully saturated rings. The summed E-state index contributed by atoms with van der Waals surface area (Å²) in [5, 5.41) is 9.89. The van der Waals surface area contributed by atoms with Gasteiger partial charge in [0.2, 0.25) is 0 Å². The molecule has 22 heavy (non-hydrogen) atoms. The largest absolute Gasteiger partial charge is 0.396 e. The maximum absolute atomic E-state index is 9.10. The first-order valence-electron chi connectivity index (χ1n) is 7.45. The van der Waals surface area contributed by atoms with Gasteiger partial charge in [0.05, 0.1) is 0 Å². The van der Waals surface area contributed by atoms with E-state index in [2.05, 4.69) is 46.1 Å². The lowest BCUT2D eigenvalue weighted by atomic mass is 10.1. The molecule has 4 nitrogen and oxygen atoms in total. The summed E-state index contributed by atoms with van der Waals surface area (Å²) in [6.45, 7) is 4.83. The van der Waals surface area contributed by atoms with E-state index in [1.165, 1.54) is 11.1 Å². The third-order valence-corrected chi connectivity index (χ3v) is 4.01. The standard InChI is InChI=1S/C17H23N3OS/c1-14-4-6-15(7-5-14)12-20(8-3-9-21)13-16-10-18-17(22-2)19-11-16/h4-7,10-11,21H,3,8-9,12-13H2,1-2H3. The summed E-state index contributed by atoms with van der Waals surface area (Å²) in [7, 11) is 0. The molecule has 1 aromatic heterocycles. The highest BCUT2D eigenvalue weighted by Crippen LogP contribution is 2.12. The van der Waals surface area contributed by atoms with Crippen LogP contribution in [0.25, 0.3) is 0 Å². The number of aliphatic hydroxyl groups excluding tert-OH is 1. The maximum Gasteiger partial charge on any atom is 0.187 e. The highest BCUT2D eigenvalue weighted by atomic mass is 32.2. The van der Waals surface area contributed by atoms with Crippen LogP contribution in [-0.4, -0.2) is 39.4 Å². The van der Waals surface area contributed by atoms with Crippen LogP contribution >= 0.6 is 11.8 Å². The number of hydrogen-bond acceptors (Lipinski definition) is 5. The van der Waals surface area contributed by atoms with Crippen molar-refractivity contribution >= 4 is 11.8 Å². The molecule has 0 aliphatic rings. The first-order chi connectivity index (χ1) is 10.7. The Morgan fingerprint density at radius 2 is 1.68 bits per heavy atom. The Morgan fingerprint density at radius 1 is 1.05 bits per heavy atom. The molecule has 1 heterocycles. The van der Waals surface area contributed by atoms with E-state index in [-0.39, 0.29) is 6.61 Å². The number of aryl methyl sites for hydroxylation is 1. The monoisotopic (exact) mass is 317 g/mol. The topological polar surface area (TPSA) is 49.2 Å². The quantitative estimate of drug-likeness (QED) is 0.599. The average molecular weight is 317 g/mol. The lowest BCUT2D eigenvalue weighted by molar-refractivity contribution is 0.212. The molecule has 5 heteroatoms. The van der Waals surface area contributed by atoms with Gasteiger partial charge in [0.15, 0.2) is 5.16 Å². The molecule has 0 bridgehead atoms. The molecule has 2 rings (SSSR count). The van der Waals surface area contributed by atoms with Crippen LogP contribution < -0.4 is 0 Å². The molecule has 2 aromatic rings. The lowest BCUT2D eigenvalue weighted by Crippen LogP contribution is -2.25. The van der Waals surface area contributed by atoms with Gasteiger partial charge in [0.25, 0.3) is 0 Å². The summed E-state index contributed by atoms with van der Waals surface area (Å²) in [6, 6.07) is 8.59. The van der Waals surface area contributed by atoms with Crippen molar-refractivity contribution in [2.45, 2.75) is 31.6 Å². The minimum atomic E-state index is 0.215. The molecule has 0 unspecified atom stereocenters. The van der Waals surface area contributed by atoms with Crippen LogP contribution in [-0.2, 0) is 13.1 Å². The number of thioether (sulfide) groups is 1. The zero-order valence-corrected chi connectivity index (χ0v) is 14.0. The molecule has 0 saturated heterocycles. The normalized spacial score (nSPS) is 11.1. The summed E-state index contributed by atoms with van der Waals surface area (Å²) < 4.78 is 0. The average Bonchev–Trinajstić information content (AvgIpc) is 2.55. The van der Waals surface area contributed by atoms with Crippen LogP contribution in [0.15, 0.2) is 41.8 Å². The molecular formula is C17H23N3OS. The van der Waals surface area contributed by atoms with Crippen molar-refractivity contribution in [3.8, 4) is 0 Å². The minimum Gasteiger partial charge on any atom is -0.396 e. The molecule has 0 amide bonds. The smallest absolute Gasteiger partial charge is 0.187 e. The van der Waals surface area contributed by atoms with Gasteiger partial charge in [-0.2, -0.15) is 0 Å². The summed E-state index contributed by atoms with van der Waals surface area (Å²) in [5.41, 5.74) is 3.65. The fourth-order valence-electron chi connectivity index (χ4n) is 2.25. The second-order valence-electron chi connectivity index (χ2n) is 5.35. The molecule has 0 saturated carbocycles. The van der Waals surface area contributed by atoms with E-state index in [9.17, 15) is 0 Å². The second kappa shape index (κ2) is 8.88. The van der Waals surface area contributed by atoms with Crippen molar-refractivity contribution < 1.29 is 5.11 Å². The van der Waals surface area contributed by atoms with E-state index in [1.54, 1.807) is 11.8 Å². The van der Waals surface area contributed by atoms with Crippen molar-refractivity contribution in [2.24, 2.45) is 0 Å². The van der Waals surface area contributed by atoms with E-state index in [4.69, 9.17) is 5.11 Å². The van der Waals surface area contributed by atoms with Crippen molar-refractivity contribution in [1.29, 1.82) is 0 Å². The van der Waals surface area contributed by atoms with Gasteiger partial charge in [-0.15, -0.1) is 0 Å². The Hall–Kier alpha value is -1.43. The summed E-state index contributed by atoms with van der Waals surface area (Å²) in [6.07, 6.45) is 6.52. The van der Waals surface area contributed by atoms with E-state index < -0.39 is 0 Å².